The van der Waals surface area contributed by atoms with Crippen LogP contribution in [0.1, 0.15) is 16.7 Å². The highest BCUT2D eigenvalue weighted by Crippen LogP contribution is 2.42. The van der Waals surface area contributed by atoms with Gasteiger partial charge in [0.15, 0.2) is 0 Å². The van der Waals surface area contributed by atoms with Crippen LogP contribution in [0.25, 0.3) is 0 Å². The average Bonchev–Trinajstić information content (AvgIpc) is 2.14. The summed E-state index contributed by atoms with van der Waals surface area (Å²) < 4.78 is 74.2. The third kappa shape index (κ3) is 3.05. The van der Waals surface area contributed by atoms with Crippen molar-refractivity contribution in [1.29, 1.82) is 0 Å². The number of phenolic OH excluding ortho intramolecular Hbond substituents is 1. The van der Waals surface area contributed by atoms with Crippen LogP contribution in [0.5, 0.6) is 5.75 Å². The van der Waals surface area contributed by atoms with Gasteiger partial charge in [0.25, 0.3) is 0 Å². The molecular weight excluding hydrogens is 318 g/mol. The molecule has 0 spiro atoms. The molecule has 17 heavy (non-hydrogen) atoms. The van der Waals surface area contributed by atoms with E-state index in [1.807, 2.05) is 0 Å². The standard InChI is InChI=1S/C9H5BrF6O/c10-3-4-1-5(8(11,12)13)2-6(7(4)17)9(14,15)16/h1-2,17H,3H2. The van der Waals surface area contributed by atoms with E-state index < -0.39 is 34.8 Å². The summed E-state index contributed by atoms with van der Waals surface area (Å²) in [6.07, 6.45) is -9.94. The topological polar surface area (TPSA) is 20.2 Å². The first-order valence-electron chi connectivity index (χ1n) is 4.13. The van der Waals surface area contributed by atoms with E-state index in [4.69, 9.17) is 0 Å². The zero-order valence-corrected chi connectivity index (χ0v) is 9.54. The molecule has 8 heteroatoms. The van der Waals surface area contributed by atoms with Gasteiger partial charge in [-0.1, -0.05) is 15.9 Å². The molecule has 0 fully saturated rings. The zero-order valence-electron chi connectivity index (χ0n) is 7.95. The minimum atomic E-state index is -5.04. The summed E-state index contributed by atoms with van der Waals surface area (Å²) in [4.78, 5) is 0. The van der Waals surface area contributed by atoms with Crippen LogP contribution < -0.4 is 0 Å². The summed E-state index contributed by atoms with van der Waals surface area (Å²) in [6.45, 7) is 0. The molecule has 0 aliphatic carbocycles. The summed E-state index contributed by atoms with van der Waals surface area (Å²) in [5, 5.41) is 8.88. The second-order valence-electron chi connectivity index (χ2n) is 3.16. The predicted molar refractivity (Wildman–Crippen MR) is 50.7 cm³/mol. The Morgan fingerprint density at radius 3 is 1.88 bits per heavy atom. The van der Waals surface area contributed by atoms with Crippen molar-refractivity contribution in [1.82, 2.24) is 0 Å². The first-order chi connectivity index (χ1) is 7.57. The second-order valence-corrected chi connectivity index (χ2v) is 3.72. The average molecular weight is 323 g/mol. The molecule has 0 aliphatic heterocycles. The van der Waals surface area contributed by atoms with Gasteiger partial charge in [0.1, 0.15) is 5.75 Å². The van der Waals surface area contributed by atoms with Gasteiger partial charge in [0, 0.05) is 10.9 Å². The van der Waals surface area contributed by atoms with Gasteiger partial charge in [-0.05, 0) is 12.1 Å². The normalized spacial score (nSPS) is 12.9. The highest BCUT2D eigenvalue weighted by molar-refractivity contribution is 9.08. The fourth-order valence-electron chi connectivity index (χ4n) is 1.18. The van der Waals surface area contributed by atoms with Crippen LogP contribution in [-0.2, 0) is 17.7 Å². The summed E-state index contributed by atoms with van der Waals surface area (Å²) in [5.74, 6) is -1.19. The van der Waals surface area contributed by atoms with Crippen LogP contribution in [-0.4, -0.2) is 5.11 Å². The molecule has 0 heterocycles. The molecule has 1 aromatic carbocycles. The lowest BCUT2D eigenvalue weighted by molar-refractivity contribution is -0.143. The highest BCUT2D eigenvalue weighted by Gasteiger charge is 2.39. The van der Waals surface area contributed by atoms with Gasteiger partial charge < -0.3 is 5.11 Å². The Morgan fingerprint density at radius 2 is 1.53 bits per heavy atom. The molecule has 0 amide bonds. The monoisotopic (exact) mass is 322 g/mol. The quantitative estimate of drug-likeness (QED) is 0.603. The number of benzene rings is 1. The number of hydrogen-bond donors (Lipinski definition) is 1. The van der Waals surface area contributed by atoms with Crippen LogP contribution in [0, 0.1) is 0 Å². The lowest BCUT2D eigenvalue weighted by Gasteiger charge is -2.15. The highest BCUT2D eigenvalue weighted by atomic mass is 79.9. The van der Waals surface area contributed by atoms with Crippen molar-refractivity contribution in [3.05, 3.63) is 28.8 Å². The smallest absolute Gasteiger partial charge is 0.419 e. The molecule has 0 aromatic heterocycles. The van der Waals surface area contributed by atoms with Gasteiger partial charge >= 0.3 is 12.4 Å². The third-order valence-corrected chi connectivity index (χ3v) is 2.57. The maximum atomic E-state index is 12.4. The molecule has 1 nitrogen and oxygen atoms in total. The summed E-state index contributed by atoms with van der Waals surface area (Å²) in [7, 11) is 0. The minimum Gasteiger partial charge on any atom is -0.507 e. The molecule has 0 aliphatic rings. The van der Waals surface area contributed by atoms with Crippen LogP contribution >= 0.6 is 15.9 Å². The van der Waals surface area contributed by atoms with E-state index in [1.54, 1.807) is 0 Å². The second kappa shape index (κ2) is 4.40. The van der Waals surface area contributed by atoms with E-state index in [9.17, 15) is 31.4 Å². The number of rotatable bonds is 1. The van der Waals surface area contributed by atoms with Gasteiger partial charge in [-0.25, -0.2) is 0 Å². The Hall–Kier alpha value is -0.920. The van der Waals surface area contributed by atoms with E-state index in [0.29, 0.717) is 6.07 Å². The molecular formula is C9H5BrF6O. The maximum Gasteiger partial charge on any atom is 0.419 e. The molecule has 0 radical (unpaired) electrons. The minimum absolute atomic E-state index is 0.110. The first kappa shape index (κ1) is 14.1. The number of alkyl halides is 7. The van der Waals surface area contributed by atoms with Crippen molar-refractivity contribution >= 4 is 15.9 Å². The third-order valence-electron chi connectivity index (χ3n) is 1.97. The number of hydrogen-bond acceptors (Lipinski definition) is 1. The van der Waals surface area contributed by atoms with E-state index in [-0.39, 0.29) is 11.4 Å². The van der Waals surface area contributed by atoms with Crippen LogP contribution in [0.4, 0.5) is 26.3 Å². The fourth-order valence-corrected chi connectivity index (χ4v) is 1.60. The molecule has 0 atom stereocenters. The molecule has 0 bridgehead atoms. The number of halogens is 7. The van der Waals surface area contributed by atoms with E-state index in [2.05, 4.69) is 15.9 Å². The molecule has 0 saturated carbocycles. The Balaban J connectivity index is 3.50. The van der Waals surface area contributed by atoms with Crippen LogP contribution in [0.2, 0.25) is 0 Å². The maximum absolute atomic E-state index is 12.4. The molecule has 1 N–H and O–H groups in total. The van der Waals surface area contributed by atoms with Crippen molar-refractivity contribution < 1.29 is 31.4 Å². The van der Waals surface area contributed by atoms with Crippen LogP contribution in [0.15, 0.2) is 12.1 Å². The van der Waals surface area contributed by atoms with Crippen LogP contribution in [0.3, 0.4) is 0 Å². The van der Waals surface area contributed by atoms with Crippen molar-refractivity contribution in [2.75, 3.05) is 0 Å². The molecule has 96 valence electrons. The van der Waals surface area contributed by atoms with Crippen molar-refractivity contribution in [3.63, 3.8) is 0 Å². The number of aromatic hydroxyl groups is 1. The van der Waals surface area contributed by atoms with E-state index >= 15 is 0 Å². The molecule has 1 rings (SSSR count). The van der Waals surface area contributed by atoms with Gasteiger partial charge in [0.2, 0.25) is 0 Å². The summed E-state index contributed by atoms with van der Waals surface area (Å²) in [6, 6.07) is 0.362. The molecule has 1 aromatic rings. The molecule has 0 saturated heterocycles. The number of phenols is 1. The van der Waals surface area contributed by atoms with Gasteiger partial charge in [-0.2, -0.15) is 26.3 Å². The Morgan fingerprint density at radius 1 is 1.00 bits per heavy atom. The summed E-state index contributed by atoms with van der Waals surface area (Å²) >= 11 is 2.72. The predicted octanol–water partition coefficient (Wildman–Crippen LogP) is 4.32. The Kier molecular flexibility index (Phi) is 3.66. The first-order valence-corrected chi connectivity index (χ1v) is 5.25. The largest absolute Gasteiger partial charge is 0.507 e. The van der Waals surface area contributed by atoms with Crippen molar-refractivity contribution in [2.45, 2.75) is 17.7 Å². The molecule has 0 unspecified atom stereocenters. The Bertz CT molecular complexity index is 423. The summed E-state index contributed by atoms with van der Waals surface area (Å²) in [5.41, 5.74) is -3.61. The Labute approximate surface area is 100 Å². The van der Waals surface area contributed by atoms with Crippen molar-refractivity contribution in [2.24, 2.45) is 0 Å². The lowest BCUT2D eigenvalue weighted by Crippen LogP contribution is -2.12. The fraction of sp³-hybridized carbons (Fsp3) is 0.333. The van der Waals surface area contributed by atoms with Crippen molar-refractivity contribution in [3.8, 4) is 5.75 Å². The zero-order chi connectivity index (χ0) is 13.4. The van der Waals surface area contributed by atoms with Gasteiger partial charge in [-0.3, -0.25) is 0 Å². The SMILES string of the molecule is Oc1c(CBr)cc(C(F)(F)F)cc1C(F)(F)F. The van der Waals surface area contributed by atoms with Gasteiger partial charge in [0.05, 0.1) is 11.1 Å². The lowest BCUT2D eigenvalue weighted by atomic mass is 10.0. The van der Waals surface area contributed by atoms with Gasteiger partial charge in [-0.15, -0.1) is 0 Å². The van der Waals surface area contributed by atoms with E-state index in [0.717, 1.165) is 0 Å². The van der Waals surface area contributed by atoms with E-state index in [1.165, 1.54) is 0 Å².